The Kier molecular flexibility index (Phi) is 2.59. The number of aryl methyl sites for hydroxylation is 2. The second-order valence-electron chi connectivity index (χ2n) is 4.49. The molecule has 14 heavy (non-hydrogen) atoms. The first kappa shape index (κ1) is 9.71. The van der Waals surface area contributed by atoms with Gasteiger partial charge in [-0.15, -0.1) is 0 Å². The van der Waals surface area contributed by atoms with Crippen LogP contribution in [0.1, 0.15) is 43.5 Å². The average Bonchev–Trinajstić information content (AvgIpc) is 2.48. The van der Waals surface area contributed by atoms with Crippen molar-refractivity contribution >= 4 is 0 Å². The van der Waals surface area contributed by atoms with Crippen molar-refractivity contribution < 1.29 is 0 Å². The van der Waals surface area contributed by atoms with Crippen LogP contribution in [0.3, 0.4) is 0 Å². The highest BCUT2D eigenvalue weighted by Crippen LogP contribution is 2.33. The quantitative estimate of drug-likeness (QED) is 0.775. The fraction of sp³-hybridized carbons (Fsp3) is 0.727. The summed E-state index contributed by atoms with van der Waals surface area (Å²) in [4.78, 5) is 4.44. The summed E-state index contributed by atoms with van der Waals surface area (Å²) in [5, 5.41) is 0. The summed E-state index contributed by atoms with van der Waals surface area (Å²) in [6, 6.07) is 0.292. The van der Waals surface area contributed by atoms with Crippen molar-refractivity contribution in [2.45, 2.75) is 44.6 Å². The highest BCUT2D eigenvalue weighted by molar-refractivity contribution is 5.21. The molecule has 0 radical (unpaired) electrons. The molecule has 1 heterocycles. The Bertz CT molecular complexity index is 314. The van der Waals surface area contributed by atoms with E-state index >= 15 is 0 Å². The first-order valence-corrected chi connectivity index (χ1v) is 5.44. The van der Waals surface area contributed by atoms with Crippen LogP contribution in [-0.2, 0) is 13.5 Å². The monoisotopic (exact) mass is 193 g/mol. The van der Waals surface area contributed by atoms with Crippen LogP contribution >= 0.6 is 0 Å². The van der Waals surface area contributed by atoms with Gasteiger partial charge in [0.15, 0.2) is 0 Å². The normalized spacial score (nSPS) is 23.2. The van der Waals surface area contributed by atoms with E-state index in [0.29, 0.717) is 12.0 Å². The van der Waals surface area contributed by atoms with Crippen LogP contribution in [0.2, 0.25) is 0 Å². The molecule has 1 aromatic rings. The summed E-state index contributed by atoms with van der Waals surface area (Å²) in [5.41, 5.74) is 8.59. The molecule has 0 fully saturated rings. The van der Waals surface area contributed by atoms with E-state index in [2.05, 4.69) is 23.5 Å². The molecule has 1 aromatic heterocycles. The number of nitrogens with zero attached hydrogens (tertiary/aromatic N) is 2. The summed E-state index contributed by atoms with van der Waals surface area (Å²) in [6.45, 7) is 2.09. The number of rotatable bonds is 2. The molecule has 0 spiro atoms. The van der Waals surface area contributed by atoms with Gasteiger partial charge in [-0.1, -0.05) is 0 Å². The Morgan fingerprint density at radius 3 is 3.21 bits per heavy atom. The number of fused-ring (bicyclic) bond motifs is 1. The molecule has 3 heteroatoms. The van der Waals surface area contributed by atoms with Gasteiger partial charge in [-0.05, 0) is 32.6 Å². The predicted octanol–water partition coefficient (Wildman–Crippen LogP) is 1.58. The molecule has 0 bridgehead atoms. The fourth-order valence-electron chi connectivity index (χ4n) is 2.54. The third kappa shape index (κ3) is 1.69. The molecular weight excluding hydrogens is 174 g/mol. The van der Waals surface area contributed by atoms with Gasteiger partial charge in [0, 0.05) is 24.7 Å². The molecule has 0 aliphatic heterocycles. The van der Waals surface area contributed by atoms with Crippen LogP contribution in [0.25, 0.3) is 0 Å². The van der Waals surface area contributed by atoms with E-state index in [-0.39, 0.29) is 0 Å². The second-order valence-corrected chi connectivity index (χ2v) is 4.49. The maximum Gasteiger partial charge on any atom is 0.0949 e. The Hall–Kier alpha value is -0.830. The highest BCUT2D eigenvalue weighted by Gasteiger charge is 2.24. The number of hydrogen-bond acceptors (Lipinski definition) is 2. The Labute approximate surface area is 85.3 Å². The van der Waals surface area contributed by atoms with Gasteiger partial charge in [0.1, 0.15) is 0 Å². The van der Waals surface area contributed by atoms with Gasteiger partial charge >= 0.3 is 0 Å². The maximum atomic E-state index is 5.87. The van der Waals surface area contributed by atoms with E-state index in [9.17, 15) is 0 Å². The summed E-state index contributed by atoms with van der Waals surface area (Å²) in [5.74, 6) is 0.631. The molecule has 1 aliphatic carbocycles. The molecule has 2 unspecified atom stereocenters. The van der Waals surface area contributed by atoms with Crippen molar-refractivity contribution in [3.8, 4) is 0 Å². The van der Waals surface area contributed by atoms with Crippen molar-refractivity contribution in [1.29, 1.82) is 0 Å². The van der Waals surface area contributed by atoms with Gasteiger partial charge in [-0.25, -0.2) is 4.98 Å². The molecule has 1 aliphatic rings. The lowest BCUT2D eigenvalue weighted by Gasteiger charge is -2.24. The van der Waals surface area contributed by atoms with Crippen LogP contribution in [0.5, 0.6) is 0 Å². The van der Waals surface area contributed by atoms with Gasteiger partial charge in [-0.2, -0.15) is 0 Å². The molecule has 0 saturated carbocycles. The molecule has 78 valence electrons. The van der Waals surface area contributed by atoms with Gasteiger partial charge in [-0.3, -0.25) is 0 Å². The van der Waals surface area contributed by atoms with E-state index in [4.69, 9.17) is 5.73 Å². The zero-order chi connectivity index (χ0) is 10.1. The number of imidazole rings is 1. The SMILES string of the molecule is CC(N)CC1CCCc2ncn(C)c21. The molecule has 0 saturated heterocycles. The van der Waals surface area contributed by atoms with Crippen molar-refractivity contribution in [3.63, 3.8) is 0 Å². The zero-order valence-corrected chi connectivity index (χ0v) is 9.03. The molecule has 2 N–H and O–H groups in total. The summed E-state index contributed by atoms with van der Waals surface area (Å²) in [7, 11) is 2.09. The van der Waals surface area contributed by atoms with E-state index in [0.717, 1.165) is 12.8 Å². The van der Waals surface area contributed by atoms with Crippen molar-refractivity contribution in [2.75, 3.05) is 0 Å². The minimum atomic E-state index is 0.292. The van der Waals surface area contributed by atoms with Crippen LogP contribution in [0.15, 0.2) is 6.33 Å². The third-order valence-electron chi connectivity index (χ3n) is 3.07. The van der Waals surface area contributed by atoms with Crippen LogP contribution in [0.4, 0.5) is 0 Å². The smallest absolute Gasteiger partial charge is 0.0949 e. The number of hydrogen-bond donors (Lipinski definition) is 1. The summed E-state index contributed by atoms with van der Waals surface area (Å²) < 4.78 is 2.17. The largest absolute Gasteiger partial charge is 0.337 e. The topological polar surface area (TPSA) is 43.8 Å². The van der Waals surface area contributed by atoms with Crippen molar-refractivity contribution in [3.05, 3.63) is 17.7 Å². The lowest BCUT2D eigenvalue weighted by molar-refractivity contribution is 0.461. The van der Waals surface area contributed by atoms with Gasteiger partial charge in [0.05, 0.1) is 12.0 Å². The minimum Gasteiger partial charge on any atom is -0.337 e. The van der Waals surface area contributed by atoms with E-state index in [1.807, 2.05) is 6.33 Å². The fourth-order valence-corrected chi connectivity index (χ4v) is 2.54. The average molecular weight is 193 g/mol. The highest BCUT2D eigenvalue weighted by atomic mass is 15.0. The summed E-state index contributed by atoms with van der Waals surface area (Å²) in [6.07, 6.45) is 6.71. The maximum absolute atomic E-state index is 5.87. The first-order valence-electron chi connectivity index (χ1n) is 5.44. The zero-order valence-electron chi connectivity index (χ0n) is 9.03. The Morgan fingerprint density at radius 2 is 2.50 bits per heavy atom. The van der Waals surface area contributed by atoms with E-state index in [1.165, 1.54) is 24.2 Å². The lowest BCUT2D eigenvalue weighted by atomic mass is 9.85. The van der Waals surface area contributed by atoms with Crippen molar-refractivity contribution in [1.82, 2.24) is 9.55 Å². The molecule has 2 atom stereocenters. The van der Waals surface area contributed by atoms with Crippen LogP contribution in [-0.4, -0.2) is 15.6 Å². The minimum absolute atomic E-state index is 0.292. The molecule has 2 rings (SSSR count). The standard InChI is InChI=1S/C11H19N3/c1-8(12)6-9-4-3-5-10-11(9)14(2)7-13-10/h7-9H,3-6,12H2,1-2H3. The molecular formula is C11H19N3. The third-order valence-corrected chi connectivity index (χ3v) is 3.07. The number of aromatic nitrogens is 2. The number of nitrogens with two attached hydrogens (primary N) is 1. The molecule has 0 amide bonds. The van der Waals surface area contributed by atoms with E-state index in [1.54, 1.807) is 0 Å². The molecule has 3 nitrogen and oxygen atoms in total. The Balaban J connectivity index is 2.25. The Morgan fingerprint density at radius 1 is 1.71 bits per heavy atom. The van der Waals surface area contributed by atoms with Crippen LogP contribution in [0, 0.1) is 0 Å². The lowest BCUT2D eigenvalue weighted by Crippen LogP contribution is -2.22. The van der Waals surface area contributed by atoms with Crippen molar-refractivity contribution in [2.24, 2.45) is 12.8 Å². The van der Waals surface area contributed by atoms with E-state index < -0.39 is 0 Å². The predicted molar refractivity (Wildman–Crippen MR) is 57.2 cm³/mol. The second kappa shape index (κ2) is 3.73. The van der Waals surface area contributed by atoms with Gasteiger partial charge in [0.25, 0.3) is 0 Å². The van der Waals surface area contributed by atoms with Gasteiger partial charge < -0.3 is 10.3 Å². The van der Waals surface area contributed by atoms with Crippen LogP contribution < -0.4 is 5.73 Å². The van der Waals surface area contributed by atoms with Gasteiger partial charge in [0.2, 0.25) is 0 Å². The molecule has 0 aromatic carbocycles. The first-order chi connectivity index (χ1) is 6.68. The summed E-state index contributed by atoms with van der Waals surface area (Å²) >= 11 is 0.